The van der Waals surface area contributed by atoms with Crippen molar-refractivity contribution in [2.75, 3.05) is 12.4 Å². The Morgan fingerprint density at radius 3 is 2.39 bits per heavy atom. The van der Waals surface area contributed by atoms with Crippen molar-refractivity contribution >= 4 is 25.7 Å². The molecule has 0 aromatic heterocycles. The first-order valence-corrected chi connectivity index (χ1v) is 7.68. The maximum atomic E-state index is 11.1. The van der Waals surface area contributed by atoms with E-state index >= 15 is 0 Å². The molecule has 0 saturated carbocycles. The SMILES string of the molecule is CCOc1ccc(COC(=O)CS(=O)(=O)Cl)cc1. The molecule has 18 heavy (non-hydrogen) atoms. The van der Waals surface area contributed by atoms with Gasteiger partial charge < -0.3 is 9.47 Å². The van der Waals surface area contributed by atoms with Gasteiger partial charge in [-0.05, 0) is 24.6 Å². The Labute approximate surface area is 110 Å². The molecule has 7 heteroatoms. The second-order valence-electron chi connectivity index (χ2n) is 3.42. The molecular formula is C11H13ClO5S. The minimum Gasteiger partial charge on any atom is -0.494 e. The summed E-state index contributed by atoms with van der Waals surface area (Å²) in [5, 5.41) is 0. The van der Waals surface area contributed by atoms with E-state index in [-0.39, 0.29) is 6.61 Å². The molecule has 0 aliphatic carbocycles. The number of ether oxygens (including phenoxy) is 2. The van der Waals surface area contributed by atoms with Gasteiger partial charge in [-0.3, -0.25) is 4.79 Å². The van der Waals surface area contributed by atoms with Crippen LogP contribution in [-0.2, 0) is 25.2 Å². The van der Waals surface area contributed by atoms with Crippen LogP contribution in [0.3, 0.4) is 0 Å². The highest BCUT2D eigenvalue weighted by Crippen LogP contribution is 2.12. The van der Waals surface area contributed by atoms with E-state index in [1.165, 1.54) is 0 Å². The van der Waals surface area contributed by atoms with Crippen molar-refractivity contribution in [3.63, 3.8) is 0 Å². The topological polar surface area (TPSA) is 69.7 Å². The van der Waals surface area contributed by atoms with Crippen molar-refractivity contribution in [3.8, 4) is 5.75 Å². The van der Waals surface area contributed by atoms with Crippen LogP contribution < -0.4 is 4.74 Å². The number of halogens is 1. The van der Waals surface area contributed by atoms with E-state index in [2.05, 4.69) is 0 Å². The summed E-state index contributed by atoms with van der Waals surface area (Å²) in [6.07, 6.45) is 0. The molecule has 0 fully saturated rings. The Balaban J connectivity index is 2.46. The first-order chi connectivity index (χ1) is 8.40. The fraction of sp³-hybridized carbons (Fsp3) is 0.364. The molecule has 0 aliphatic rings. The molecule has 0 amide bonds. The van der Waals surface area contributed by atoms with E-state index < -0.39 is 20.8 Å². The van der Waals surface area contributed by atoms with Crippen molar-refractivity contribution in [3.05, 3.63) is 29.8 Å². The van der Waals surface area contributed by atoms with E-state index in [9.17, 15) is 13.2 Å². The Morgan fingerprint density at radius 1 is 1.28 bits per heavy atom. The Hall–Kier alpha value is -1.27. The van der Waals surface area contributed by atoms with Gasteiger partial charge in [-0.25, -0.2) is 8.42 Å². The molecule has 0 spiro atoms. The van der Waals surface area contributed by atoms with E-state index in [1.807, 2.05) is 6.92 Å². The lowest BCUT2D eigenvalue weighted by Gasteiger charge is -2.06. The van der Waals surface area contributed by atoms with Crippen LogP contribution in [0, 0.1) is 0 Å². The van der Waals surface area contributed by atoms with E-state index in [1.54, 1.807) is 24.3 Å². The van der Waals surface area contributed by atoms with Gasteiger partial charge in [0, 0.05) is 10.7 Å². The summed E-state index contributed by atoms with van der Waals surface area (Å²) in [6, 6.07) is 6.94. The smallest absolute Gasteiger partial charge is 0.322 e. The zero-order valence-electron chi connectivity index (χ0n) is 9.76. The highest BCUT2D eigenvalue weighted by atomic mass is 35.7. The van der Waals surface area contributed by atoms with E-state index in [4.69, 9.17) is 20.2 Å². The first-order valence-electron chi connectivity index (χ1n) is 5.20. The van der Waals surface area contributed by atoms with Crippen LogP contribution in [0.25, 0.3) is 0 Å². The van der Waals surface area contributed by atoms with Gasteiger partial charge in [-0.2, -0.15) is 0 Å². The quantitative estimate of drug-likeness (QED) is 0.589. The van der Waals surface area contributed by atoms with Gasteiger partial charge in [0.25, 0.3) is 0 Å². The summed E-state index contributed by atoms with van der Waals surface area (Å²) >= 11 is 0. The van der Waals surface area contributed by atoms with Crippen LogP contribution >= 0.6 is 10.7 Å². The average Bonchev–Trinajstić information content (AvgIpc) is 2.26. The number of carbonyl (C=O) groups excluding carboxylic acids is 1. The molecule has 0 N–H and O–H groups in total. The van der Waals surface area contributed by atoms with Crippen LogP contribution in [0.4, 0.5) is 0 Å². The second-order valence-corrected chi connectivity index (χ2v) is 6.20. The van der Waals surface area contributed by atoms with Gasteiger partial charge in [0.2, 0.25) is 9.05 Å². The predicted molar refractivity (Wildman–Crippen MR) is 67.0 cm³/mol. The lowest BCUT2D eigenvalue weighted by atomic mass is 10.2. The molecule has 1 aromatic carbocycles. The molecule has 0 unspecified atom stereocenters. The third kappa shape index (κ3) is 5.88. The standard InChI is InChI=1S/C11H13ClO5S/c1-2-16-10-5-3-9(4-6-10)7-17-11(13)8-18(12,14)15/h3-6H,2,7-8H2,1H3. The Kier molecular flexibility index (Phi) is 5.43. The normalized spacial score (nSPS) is 11.0. The molecule has 5 nitrogen and oxygen atoms in total. The molecule has 1 aromatic rings. The van der Waals surface area contributed by atoms with Gasteiger partial charge in [-0.1, -0.05) is 12.1 Å². The minimum absolute atomic E-state index is 0.00233. The number of carbonyl (C=O) groups is 1. The third-order valence-corrected chi connectivity index (χ3v) is 2.83. The van der Waals surface area contributed by atoms with Crippen LogP contribution in [0.5, 0.6) is 5.75 Å². The van der Waals surface area contributed by atoms with E-state index in [0.29, 0.717) is 6.61 Å². The molecule has 0 aliphatic heterocycles. The number of hydrogen-bond acceptors (Lipinski definition) is 5. The molecule has 0 radical (unpaired) electrons. The van der Waals surface area contributed by atoms with Crippen LogP contribution in [-0.4, -0.2) is 26.7 Å². The van der Waals surface area contributed by atoms with E-state index in [0.717, 1.165) is 11.3 Å². The molecule has 0 saturated heterocycles. The lowest BCUT2D eigenvalue weighted by molar-refractivity contribution is -0.141. The second kappa shape index (κ2) is 6.61. The summed E-state index contributed by atoms with van der Waals surface area (Å²) in [7, 11) is 1.06. The summed E-state index contributed by atoms with van der Waals surface area (Å²) < 4.78 is 31.2. The number of hydrogen-bond donors (Lipinski definition) is 0. The molecular weight excluding hydrogens is 280 g/mol. The lowest BCUT2D eigenvalue weighted by Crippen LogP contribution is -2.14. The number of esters is 1. The zero-order valence-corrected chi connectivity index (χ0v) is 11.3. The monoisotopic (exact) mass is 292 g/mol. The molecule has 100 valence electrons. The maximum absolute atomic E-state index is 11.1. The van der Waals surface area contributed by atoms with Gasteiger partial charge >= 0.3 is 5.97 Å². The minimum atomic E-state index is -3.86. The number of benzene rings is 1. The average molecular weight is 293 g/mol. The summed E-state index contributed by atoms with van der Waals surface area (Å²) in [5.41, 5.74) is 0.735. The van der Waals surface area contributed by atoms with Crippen LogP contribution in [0.1, 0.15) is 12.5 Å². The van der Waals surface area contributed by atoms with Crippen molar-refractivity contribution < 1.29 is 22.7 Å². The largest absolute Gasteiger partial charge is 0.494 e. The van der Waals surface area contributed by atoms with Crippen molar-refractivity contribution in [2.45, 2.75) is 13.5 Å². The van der Waals surface area contributed by atoms with Crippen molar-refractivity contribution in [1.29, 1.82) is 0 Å². The van der Waals surface area contributed by atoms with Crippen molar-refractivity contribution in [2.24, 2.45) is 0 Å². The summed E-state index contributed by atoms with van der Waals surface area (Å²) in [6.45, 7) is 2.45. The molecule has 1 rings (SSSR count). The van der Waals surface area contributed by atoms with Crippen molar-refractivity contribution in [1.82, 2.24) is 0 Å². The maximum Gasteiger partial charge on any atom is 0.322 e. The third-order valence-electron chi connectivity index (χ3n) is 1.92. The van der Waals surface area contributed by atoms with Crippen LogP contribution in [0.15, 0.2) is 24.3 Å². The fourth-order valence-electron chi connectivity index (χ4n) is 1.19. The van der Waals surface area contributed by atoms with Crippen LogP contribution in [0.2, 0.25) is 0 Å². The number of rotatable bonds is 6. The zero-order chi connectivity index (χ0) is 13.6. The van der Waals surface area contributed by atoms with Gasteiger partial charge in [0.05, 0.1) is 6.61 Å². The van der Waals surface area contributed by atoms with Gasteiger partial charge in [-0.15, -0.1) is 0 Å². The Bertz CT molecular complexity index is 495. The fourth-order valence-corrected chi connectivity index (χ4v) is 1.83. The Morgan fingerprint density at radius 2 is 1.89 bits per heavy atom. The first kappa shape index (κ1) is 14.8. The highest BCUT2D eigenvalue weighted by molar-refractivity contribution is 8.14. The van der Waals surface area contributed by atoms with Gasteiger partial charge in [0.15, 0.2) is 5.75 Å². The molecule has 0 atom stereocenters. The highest BCUT2D eigenvalue weighted by Gasteiger charge is 2.14. The summed E-state index contributed by atoms with van der Waals surface area (Å²) in [5.74, 6) is -0.985. The van der Waals surface area contributed by atoms with Gasteiger partial charge in [0.1, 0.15) is 12.4 Å². The molecule has 0 bridgehead atoms. The molecule has 0 heterocycles. The predicted octanol–water partition coefficient (Wildman–Crippen LogP) is 1.70. The summed E-state index contributed by atoms with van der Waals surface area (Å²) in [4.78, 5) is 11.1.